The molecule has 0 bridgehead atoms. The van der Waals surface area contributed by atoms with Crippen LogP contribution in [0.5, 0.6) is 34.5 Å². The van der Waals surface area contributed by atoms with Crippen molar-refractivity contribution in [3.8, 4) is 46.3 Å². The third kappa shape index (κ3) is 33.5. The van der Waals surface area contributed by atoms with Crippen molar-refractivity contribution in [1.82, 2.24) is 49.5 Å². The van der Waals surface area contributed by atoms with Gasteiger partial charge in [-0.25, -0.2) is 43.0 Å². The average Bonchev–Trinajstić information content (AvgIpc) is 1.64. The first kappa shape index (κ1) is 102. The van der Waals surface area contributed by atoms with E-state index >= 15 is 0 Å². The minimum Gasteiger partial charge on any atom is -0.497 e. The number of Topliss-reactive ketones (excluding diaryl/α,β-unsaturated/α-hetero) is 1. The lowest BCUT2D eigenvalue weighted by Gasteiger charge is -2.14. The number of aromatic amines is 2. The molecule has 6 N–H and O–H groups in total. The highest BCUT2D eigenvalue weighted by atomic mass is 36.0. The predicted molar refractivity (Wildman–Crippen MR) is 457 cm³/mol. The summed E-state index contributed by atoms with van der Waals surface area (Å²) >= 11 is 20.0. The minimum atomic E-state index is -3.22. The summed E-state index contributed by atoms with van der Waals surface area (Å²) in [6.45, 7) is 29.0. The van der Waals surface area contributed by atoms with Crippen LogP contribution < -0.4 is 44.9 Å². The quantitative estimate of drug-likeness (QED) is 0.00553. The number of anilines is 2. The molecule has 119 heavy (non-hydrogen) atoms. The van der Waals surface area contributed by atoms with E-state index in [1.54, 1.807) is 110 Å². The van der Waals surface area contributed by atoms with Gasteiger partial charge in [0, 0.05) is 78.4 Å². The number of aliphatic hydroxyl groups excluding tert-OH is 1. The Hall–Kier alpha value is -10.9. The molecule has 0 aliphatic heterocycles. The van der Waals surface area contributed by atoms with E-state index in [1.807, 2.05) is 102 Å². The fourth-order valence-corrected chi connectivity index (χ4v) is 10.6. The third-order valence-electron chi connectivity index (χ3n) is 15.8. The molecule has 6 heterocycles. The largest absolute Gasteiger partial charge is 0.497 e. The van der Waals surface area contributed by atoms with Gasteiger partial charge in [0.25, 0.3) is 0 Å². The number of nitrogens with two attached hydrogens (primary N) is 1. The molecule has 0 aliphatic carbocycles. The Labute approximate surface area is 711 Å². The lowest BCUT2D eigenvalue weighted by atomic mass is 10.1. The van der Waals surface area contributed by atoms with Crippen molar-refractivity contribution in [3.63, 3.8) is 0 Å². The predicted octanol–water partition coefficient (Wildman–Crippen LogP) is 14.7. The van der Waals surface area contributed by atoms with Crippen molar-refractivity contribution in [2.45, 2.75) is 140 Å². The minimum absolute atomic E-state index is 0.0334. The molecule has 38 heteroatoms. The zero-order valence-electron chi connectivity index (χ0n) is 70.7. The maximum Gasteiger partial charge on any atom is 0.384 e. The van der Waals surface area contributed by atoms with E-state index in [-0.39, 0.29) is 79.9 Å². The maximum atomic E-state index is 12.8. The Bertz CT molecular complexity index is 4990. The number of nitrogen functional groups attached to an aromatic ring is 1. The summed E-state index contributed by atoms with van der Waals surface area (Å²) in [4.78, 5) is 89.4. The Balaban J connectivity index is 0.000000387. The summed E-state index contributed by atoms with van der Waals surface area (Å²) < 4.78 is 75.7. The summed E-state index contributed by atoms with van der Waals surface area (Å²) in [5, 5.41) is 29.9. The van der Waals surface area contributed by atoms with Crippen LogP contribution >= 0.6 is 50.5 Å². The molecule has 0 radical (unpaired) electrons. The van der Waals surface area contributed by atoms with E-state index in [9.17, 15) is 38.1 Å². The van der Waals surface area contributed by atoms with Gasteiger partial charge in [0.1, 0.15) is 69.8 Å². The molecule has 0 atom stereocenters. The second kappa shape index (κ2) is 52.2. The number of pyridine rings is 2. The van der Waals surface area contributed by atoms with Gasteiger partial charge in [-0.05, 0) is 147 Å². The molecule has 650 valence electrons. The van der Waals surface area contributed by atoms with Crippen LogP contribution in [0.2, 0.25) is 5.02 Å². The van der Waals surface area contributed by atoms with E-state index in [0.717, 1.165) is 56.7 Å². The molecule has 6 aromatic heterocycles. The number of ketones is 1. The number of rotatable bonds is 29. The van der Waals surface area contributed by atoms with E-state index in [0.29, 0.717) is 94.2 Å². The van der Waals surface area contributed by atoms with Gasteiger partial charge in [-0.3, -0.25) is 19.3 Å². The Morgan fingerprint density at radius 2 is 1.05 bits per heavy atom. The van der Waals surface area contributed by atoms with Crippen LogP contribution in [0, 0.1) is 11.8 Å². The molecule has 0 unspecified atom stereocenters. The number of nitrogens with zero attached hydrogens (tertiary/aromatic N) is 8. The number of ether oxygens (including phenoxy) is 12. The maximum absolute atomic E-state index is 12.8. The summed E-state index contributed by atoms with van der Waals surface area (Å²) in [5.74, 6) is 6.75. The van der Waals surface area contributed by atoms with Crippen LogP contribution in [0.25, 0.3) is 22.1 Å². The molecule has 0 amide bonds. The number of methoxy groups -OCH3 is 7. The number of benzene rings is 3. The van der Waals surface area contributed by atoms with E-state index in [4.69, 9.17) is 69.8 Å². The average molecular weight is 1760 g/mol. The van der Waals surface area contributed by atoms with Crippen LogP contribution in [0.3, 0.4) is 0 Å². The first-order valence-corrected chi connectivity index (χ1v) is 42.1. The van der Waals surface area contributed by atoms with Gasteiger partial charge in [0.05, 0.1) is 134 Å². The first-order valence-electron chi connectivity index (χ1n) is 37.3. The topological polar surface area (TPSA) is 416 Å². The van der Waals surface area contributed by atoms with Crippen LogP contribution in [0.4, 0.5) is 11.6 Å². The number of halogens is 4. The van der Waals surface area contributed by atoms with Gasteiger partial charge < -0.3 is 78.0 Å². The molecule has 9 aromatic rings. The highest BCUT2D eigenvalue weighted by Crippen LogP contribution is 2.61. The molecule has 0 spiro atoms. The molecule has 33 nitrogen and oxygen atoms in total. The summed E-state index contributed by atoms with van der Waals surface area (Å²) in [7, 11) is 11.0. The molecular weight excluding hydrogens is 1650 g/mol. The van der Waals surface area contributed by atoms with Crippen molar-refractivity contribution in [1.29, 1.82) is 0 Å². The monoisotopic (exact) mass is 1750 g/mol. The van der Waals surface area contributed by atoms with Gasteiger partial charge in [-0.1, -0.05) is 67.0 Å². The first-order chi connectivity index (χ1) is 56.4. The van der Waals surface area contributed by atoms with Crippen molar-refractivity contribution in [3.05, 3.63) is 157 Å². The van der Waals surface area contributed by atoms with Crippen molar-refractivity contribution in [2.24, 2.45) is 0 Å². The smallest absolute Gasteiger partial charge is 0.384 e. The van der Waals surface area contributed by atoms with E-state index in [2.05, 4.69) is 104 Å². The fourth-order valence-electron chi connectivity index (χ4n) is 10.3. The lowest BCUT2D eigenvalue weighted by Crippen LogP contribution is -2.19. The summed E-state index contributed by atoms with van der Waals surface area (Å²) in [6, 6.07) is 23.3. The van der Waals surface area contributed by atoms with Crippen molar-refractivity contribution >= 4 is 120 Å². The second-order valence-electron chi connectivity index (χ2n) is 25.7. The van der Waals surface area contributed by atoms with Crippen molar-refractivity contribution in [2.75, 3.05) is 107 Å². The zero-order chi connectivity index (χ0) is 89.4. The molecule has 0 saturated carbocycles. The molecule has 0 aliphatic rings. The second-order valence-corrected chi connectivity index (χ2v) is 32.7. The van der Waals surface area contributed by atoms with E-state index < -0.39 is 40.8 Å². The number of nitrogens with one attached hydrogen (secondary N) is 3. The highest BCUT2D eigenvalue weighted by molar-refractivity contribution is 8.24. The number of hydrogen-bond donors (Lipinski definition) is 5. The number of aromatic nitrogens is 10. The van der Waals surface area contributed by atoms with Gasteiger partial charge in [-0.15, -0.1) is 0 Å². The lowest BCUT2D eigenvalue weighted by molar-refractivity contribution is -0.140. The molecular formula is C81H107Cl4N12O21P. The Morgan fingerprint density at radius 1 is 0.580 bits per heavy atom. The molecule has 9 rings (SSSR count). The summed E-state index contributed by atoms with van der Waals surface area (Å²) in [6.07, 6.45) is 1.09. The number of aliphatic hydroxyl groups is 1. The van der Waals surface area contributed by atoms with Crippen LogP contribution in [0.15, 0.2) is 95.4 Å². The highest BCUT2D eigenvalue weighted by Gasteiger charge is 2.24. The molecule has 0 fully saturated rings. The van der Waals surface area contributed by atoms with Crippen LogP contribution in [-0.2, 0) is 71.8 Å². The Morgan fingerprint density at radius 3 is 1.50 bits per heavy atom. The van der Waals surface area contributed by atoms with Crippen LogP contribution in [-0.4, -0.2) is 186 Å². The number of hydrogen-bond acceptors (Lipinski definition) is 28. The normalized spacial score (nSPS) is 10.7. The zero-order valence-corrected chi connectivity index (χ0v) is 74.6. The SMILES string of the molecule is CCO.CCOC(=O)/C=C(/Nc1cc(C(C)C)nn1Cc1ccc(OC)cc1OC)C(=O)OCC.CCOC(=O)C#CC(=O)COC.CCOC(=O)c1cc(=O)c2c(C(C)C)nn(Cc3ccc(OC)cc3OC)c2[nH]1.CCOC(=O)c1cc(Cl)c2c(C(C)C)[nH]nc2n1.COc1ccc(Cn2nc(C(C)C)cc2N)c(OC)c1.O=P(Cl)(Cl)Cl. The van der Waals surface area contributed by atoms with Gasteiger partial charge >= 0.3 is 35.0 Å². The third-order valence-corrected chi connectivity index (χ3v) is 16.1. The molecule has 3 aromatic carbocycles. The van der Waals surface area contributed by atoms with Gasteiger partial charge in [0.2, 0.25) is 5.78 Å². The van der Waals surface area contributed by atoms with Gasteiger partial charge in [0.15, 0.2) is 16.8 Å². The number of H-pyrrole nitrogens is 2. The van der Waals surface area contributed by atoms with Gasteiger partial charge in [-0.2, -0.15) is 20.4 Å². The van der Waals surface area contributed by atoms with E-state index in [1.165, 1.54) is 19.2 Å². The number of carbonyl (C=O) groups excluding carboxylic acids is 6. The van der Waals surface area contributed by atoms with Crippen molar-refractivity contribution < 1.29 is 95.3 Å². The number of fused-ring (bicyclic) bond motifs is 2. The molecule has 0 saturated heterocycles. The summed E-state index contributed by atoms with van der Waals surface area (Å²) in [5.41, 5.74) is 13.0. The number of esters is 5. The van der Waals surface area contributed by atoms with Crippen LogP contribution in [0.1, 0.15) is 181 Å². The number of carbonyl (C=O) groups is 6. The Kier molecular flexibility index (Phi) is 44.9. The fraction of sp³-hybridized carbons (Fsp3) is 0.432. The standard InChI is InChI=1S/C23H31N3O6.C21H25N3O5.C15H21N3O2.C12H14ClN3O2.C8H10O4.C2H6O.Cl3OP/c1-7-31-22(27)13-19(23(28)32-8-2)24-21-12-18(15(3)4)25-26(21)14-16-9-10-17(29-5)11-20(16)30-6;1-6-29-21(26)15-10-16(25)18-19(12(2)3)23-24(20(18)22-15)11-13-7-8-14(27-4)9-17(13)28-5;1-10(2)13-8-15(16)18(17-13)9-11-5-6-12(19-3)7-14(11)20-4;1-4-18-12(17)8-5-7(13)9-10(6(2)3)15-16-11(9)14-8;1-3-12-8(10)5-4-7(9)6-11-2;1-2-3;1-5(2,3)4/h9-13,15,24H,7-8,14H2,1-6H3;7-10,12H,6,11H2,1-5H3,(H,22,25);5-8,10H,9,16H2,1-4H3;5-6H,4H2,1-3H3,(H,14,15,16);3,6H2,1-2H3;3H,2H2,1H3;/b19-13+;;;;;;.